The van der Waals surface area contributed by atoms with Gasteiger partial charge in [-0.05, 0) is 57.0 Å². The summed E-state index contributed by atoms with van der Waals surface area (Å²) in [5, 5.41) is 14.4. The highest BCUT2D eigenvalue weighted by Crippen LogP contribution is 2.32. The van der Waals surface area contributed by atoms with Crippen LogP contribution in [0.4, 0.5) is 0 Å². The summed E-state index contributed by atoms with van der Waals surface area (Å²) in [6.07, 6.45) is 7.93. The molecular weight excluding hydrogens is 328 g/mol. The van der Waals surface area contributed by atoms with Crippen LogP contribution in [-0.2, 0) is 9.53 Å². The number of carbonyl (C=O) groups is 1. The highest BCUT2D eigenvalue weighted by Gasteiger charge is 2.36. The van der Waals surface area contributed by atoms with E-state index in [0.717, 1.165) is 51.8 Å². The fourth-order valence-corrected chi connectivity index (χ4v) is 4.91. The number of β-amino-alcohol motifs (C(OH)–C–C–N with tert-alkyl or cyclic N) is 1. The van der Waals surface area contributed by atoms with Crippen LogP contribution in [0.15, 0.2) is 0 Å². The van der Waals surface area contributed by atoms with Crippen molar-refractivity contribution < 1.29 is 14.6 Å². The van der Waals surface area contributed by atoms with E-state index >= 15 is 0 Å². The van der Waals surface area contributed by atoms with E-state index in [4.69, 9.17) is 4.74 Å². The second kappa shape index (κ2) is 9.03. The van der Waals surface area contributed by atoms with E-state index in [0.29, 0.717) is 37.5 Å². The molecule has 1 aliphatic carbocycles. The first-order chi connectivity index (χ1) is 12.5. The molecule has 0 spiro atoms. The minimum Gasteiger partial charge on any atom is -0.391 e. The number of fused-ring (bicyclic) bond motifs is 1. The number of amides is 1. The molecule has 1 amide bonds. The lowest BCUT2D eigenvalue weighted by Crippen LogP contribution is -2.49. The zero-order chi connectivity index (χ0) is 18.6. The molecule has 0 aromatic carbocycles. The molecule has 0 aromatic heterocycles. The summed E-state index contributed by atoms with van der Waals surface area (Å²) in [4.78, 5) is 15.3. The lowest BCUT2D eigenvalue weighted by atomic mass is 9.81. The number of carbonyl (C=O) groups excluding carboxylic acids is 1. The van der Waals surface area contributed by atoms with Gasteiger partial charge in [-0.3, -0.25) is 4.79 Å². The first-order valence-electron chi connectivity index (χ1n) is 10.7. The number of aliphatic hydroxyl groups excluding tert-OH is 1. The molecule has 2 saturated heterocycles. The van der Waals surface area contributed by atoms with Crippen molar-refractivity contribution in [3.63, 3.8) is 0 Å². The highest BCUT2D eigenvalue weighted by atomic mass is 16.5. The summed E-state index contributed by atoms with van der Waals surface area (Å²) in [7, 11) is 0. The predicted molar refractivity (Wildman–Crippen MR) is 103 cm³/mol. The van der Waals surface area contributed by atoms with Crippen LogP contribution in [0.5, 0.6) is 0 Å². The third-order valence-corrected chi connectivity index (χ3v) is 6.90. The molecule has 3 fully saturated rings. The molecule has 26 heavy (non-hydrogen) atoms. The molecule has 3 aliphatic rings. The van der Waals surface area contributed by atoms with Gasteiger partial charge in [0.15, 0.2) is 0 Å². The number of aliphatic hydroxyl groups is 1. The molecule has 5 heteroatoms. The van der Waals surface area contributed by atoms with E-state index in [9.17, 15) is 9.90 Å². The Hall–Kier alpha value is -0.650. The Bertz CT molecular complexity index is 462. The third kappa shape index (κ3) is 4.99. The van der Waals surface area contributed by atoms with Crippen LogP contribution in [0.2, 0.25) is 0 Å². The van der Waals surface area contributed by atoms with Crippen LogP contribution in [0, 0.1) is 17.3 Å². The maximum atomic E-state index is 13.3. The Morgan fingerprint density at radius 2 is 1.88 bits per heavy atom. The number of nitrogens with zero attached hydrogens (tertiary/aromatic N) is 1. The maximum Gasteiger partial charge on any atom is 0.223 e. The Morgan fingerprint density at radius 1 is 1.12 bits per heavy atom. The molecule has 5 nitrogen and oxygen atoms in total. The van der Waals surface area contributed by atoms with Crippen molar-refractivity contribution in [1.29, 1.82) is 0 Å². The van der Waals surface area contributed by atoms with E-state index in [1.165, 1.54) is 12.8 Å². The zero-order valence-electron chi connectivity index (χ0n) is 16.7. The number of ether oxygens (including phenoxy) is 1. The Morgan fingerprint density at radius 3 is 2.65 bits per heavy atom. The first kappa shape index (κ1) is 20.1. The standard InChI is InChI=1S/C21H38N2O3/c1-21(2)15-26-11-5-6-17-13-22-10-9-16(17)12-20(25)23(14-19(21)24)18-7-3-4-8-18/h16-19,22,24H,3-15H2,1-2H3/t16-,17-,19-/m0/s1. The van der Waals surface area contributed by atoms with E-state index in [1.54, 1.807) is 0 Å². The molecule has 0 bridgehead atoms. The van der Waals surface area contributed by atoms with Gasteiger partial charge in [-0.1, -0.05) is 26.7 Å². The minimum atomic E-state index is -0.545. The Kier molecular flexibility index (Phi) is 6.98. The molecule has 2 heterocycles. The smallest absolute Gasteiger partial charge is 0.223 e. The van der Waals surface area contributed by atoms with Gasteiger partial charge in [0, 0.05) is 31.0 Å². The van der Waals surface area contributed by atoms with Gasteiger partial charge < -0.3 is 20.1 Å². The highest BCUT2D eigenvalue weighted by molar-refractivity contribution is 5.77. The fraction of sp³-hybridized carbons (Fsp3) is 0.952. The van der Waals surface area contributed by atoms with Gasteiger partial charge in [0.05, 0.1) is 12.7 Å². The average Bonchev–Trinajstić information content (AvgIpc) is 3.13. The fourth-order valence-electron chi connectivity index (χ4n) is 4.91. The normalized spacial score (nSPS) is 35.3. The molecule has 0 unspecified atom stereocenters. The van der Waals surface area contributed by atoms with Crippen molar-refractivity contribution in [2.24, 2.45) is 17.3 Å². The first-order valence-corrected chi connectivity index (χ1v) is 10.7. The van der Waals surface area contributed by atoms with Crippen molar-refractivity contribution in [2.45, 2.75) is 77.4 Å². The number of nitrogens with one attached hydrogen (secondary N) is 1. The van der Waals surface area contributed by atoms with Gasteiger partial charge in [0.2, 0.25) is 5.91 Å². The number of hydrogen-bond acceptors (Lipinski definition) is 4. The molecule has 2 N–H and O–H groups in total. The van der Waals surface area contributed by atoms with Gasteiger partial charge in [-0.15, -0.1) is 0 Å². The Labute approximate surface area is 158 Å². The van der Waals surface area contributed by atoms with Crippen LogP contribution in [0.25, 0.3) is 0 Å². The largest absolute Gasteiger partial charge is 0.391 e. The maximum absolute atomic E-state index is 13.3. The van der Waals surface area contributed by atoms with Crippen LogP contribution < -0.4 is 5.32 Å². The molecular formula is C21H38N2O3. The average molecular weight is 367 g/mol. The lowest BCUT2D eigenvalue weighted by molar-refractivity contribution is -0.138. The number of hydrogen-bond donors (Lipinski definition) is 2. The van der Waals surface area contributed by atoms with Crippen molar-refractivity contribution in [3.05, 3.63) is 0 Å². The quantitative estimate of drug-likeness (QED) is 0.749. The SMILES string of the molecule is CC1(C)COCCC[C@H]2CNCC[C@H]2CC(=O)N(C2CCCC2)C[C@@H]1O. The molecule has 0 aromatic rings. The summed E-state index contributed by atoms with van der Waals surface area (Å²) in [6, 6.07) is 0.319. The summed E-state index contributed by atoms with van der Waals surface area (Å²) in [5.74, 6) is 1.31. The second-order valence-electron chi connectivity index (χ2n) is 9.40. The summed E-state index contributed by atoms with van der Waals surface area (Å²) < 4.78 is 5.92. The van der Waals surface area contributed by atoms with E-state index in [2.05, 4.69) is 19.2 Å². The van der Waals surface area contributed by atoms with Gasteiger partial charge in [0.25, 0.3) is 0 Å². The van der Waals surface area contributed by atoms with Gasteiger partial charge >= 0.3 is 0 Å². The van der Waals surface area contributed by atoms with Crippen molar-refractivity contribution in [3.8, 4) is 0 Å². The molecule has 1 saturated carbocycles. The van der Waals surface area contributed by atoms with Crippen LogP contribution in [-0.4, -0.2) is 60.9 Å². The minimum absolute atomic E-state index is 0.267. The summed E-state index contributed by atoms with van der Waals surface area (Å²) in [6.45, 7) is 7.90. The van der Waals surface area contributed by atoms with Crippen molar-refractivity contribution in [2.75, 3.05) is 32.8 Å². The molecule has 150 valence electrons. The van der Waals surface area contributed by atoms with Crippen LogP contribution in [0.3, 0.4) is 0 Å². The van der Waals surface area contributed by atoms with Gasteiger partial charge in [-0.2, -0.15) is 0 Å². The number of piperidine rings is 1. The van der Waals surface area contributed by atoms with Crippen LogP contribution in [0.1, 0.15) is 65.2 Å². The molecule has 0 radical (unpaired) electrons. The summed E-state index contributed by atoms with van der Waals surface area (Å²) >= 11 is 0. The topological polar surface area (TPSA) is 61.8 Å². The van der Waals surface area contributed by atoms with Crippen molar-refractivity contribution >= 4 is 5.91 Å². The lowest BCUT2D eigenvalue weighted by Gasteiger charge is -2.38. The second-order valence-corrected chi connectivity index (χ2v) is 9.40. The Balaban J connectivity index is 1.77. The third-order valence-electron chi connectivity index (χ3n) is 6.90. The molecule has 2 aliphatic heterocycles. The van der Waals surface area contributed by atoms with Crippen LogP contribution >= 0.6 is 0 Å². The zero-order valence-corrected chi connectivity index (χ0v) is 16.7. The number of rotatable bonds is 1. The molecule has 3 rings (SSSR count). The van der Waals surface area contributed by atoms with Gasteiger partial charge in [0.1, 0.15) is 0 Å². The monoisotopic (exact) mass is 366 g/mol. The van der Waals surface area contributed by atoms with Crippen molar-refractivity contribution in [1.82, 2.24) is 10.2 Å². The molecule has 3 atom stereocenters. The summed E-state index contributed by atoms with van der Waals surface area (Å²) in [5.41, 5.74) is -0.334. The predicted octanol–water partition coefficient (Wildman–Crippen LogP) is 2.57. The van der Waals surface area contributed by atoms with E-state index in [-0.39, 0.29) is 11.3 Å². The van der Waals surface area contributed by atoms with E-state index < -0.39 is 6.10 Å². The van der Waals surface area contributed by atoms with Gasteiger partial charge in [-0.25, -0.2) is 0 Å². The van der Waals surface area contributed by atoms with E-state index in [1.807, 2.05) is 4.90 Å².